The average Bonchev–Trinajstić information content (AvgIpc) is 2.17. The molecule has 5 heteroatoms. The summed E-state index contributed by atoms with van der Waals surface area (Å²) in [6.45, 7) is 3.50. The lowest BCUT2D eigenvalue weighted by Crippen LogP contribution is -2.28. The molecule has 0 saturated carbocycles. The third-order valence-corrected chi connectivity index (χ3v) is 1.79. The number of aliphatic hydroxyl groups excluding tert-OH is 1. The molecule has 0 radical (unpaired) electrons. The Morgan fingerprint density at radius 2 is 2.14 bits per heavy atom. The molecule has 0 amide bonds. The lowest BCUT2D eigenvalue weighted by molar-refractivity contribution is 0.0894. The van der Waals surface area contributed by atoms with Crippen LogP contribution in [0.25, 0.3) is 0 Å². The van der Waals surface area contributed by atoms with E-state index < -0.39 is 5.72 Å². The Kier molecular flexibility index (Phi) is 5.01. The Hall–Kier alpha value is -1.23. The summed E-state index contributed by atoms with van der Waals surface area (Å²) in [5.41, 5.74) is 3.82. The molecule has 82 valence electrons. The van der Waals surface area contributed by atoms with E-state index in [1.807, 2.05) is 0 Å². The van der Waals surface area contributed by atoms with E-state index in [0.717, 1.165) is 0 Å². The van der Waals surface area contributed by atoms with Gasteiger partial charge in [0, 0.05) is 12.5 Å². The van der Waals surface area contributed by atoms with Crippen LogP contribution < -0.4 is 5.73 Å². The number of hydrogen-bond donors (Lipinski definition) is 3. The van der Waals surface area contributed by atoms with E-state index in [0.29, 0.717) is 12.8 Å². The molecule has 14 heavy (non-hydrogen) atoms. The molecule has 0 aliphatic carbocycles. The summed E-state index contributed by atoms with van der Waals surface area (Å²) < 4.78 is 4.62. The highest BCUT2D eigenvalue weighted by molar-refractivity contribution is 5.71. The van der Waals surface area contributed by atoms with E-state index in [-0.39, 0.29) is 11.8 Å². The number of allylic oxidation sites excluding steroid dienone is 1. The van der Waals surface area contributed by atoms with Crippen LogP contribution in [-0.2, 0) is 4.74 Å². The van der Waals surface area contributed by atoms with Gasteiger partial charge in [0.05, 0.1) is 12.9 Å². The standard InChI is InChI=1S/C9H18N2O3/c1-4-7(12)6-9(13,5-2)11-8(10)14-3/h6,12-13H,4-5H2,1-3H3,(H2,10,11). The van der Waals surface area contributed by atoms with Crippen molar-refractivity contribution < 1.29 is 14.9 Å². The maximum absolute atomic E-state index is 9.84. The van der Waals surface area contributed by atoms with Crippen LogP contribution in [0.5, 0.6) is 0 Å². The molecule has 0 saturated heterocycles. The maximum Gasteiger partial charge on any atom is 0.284 e. The van der Waals surface area contributed by atoms with Gasteiger partial charge in [-0.15, -0.1) is 0 Å². The van der Waals surface area contributed by atoms with Crippen LogP contribution in [0.4, 0.5) is 0 Å². The van der Waals surface area contributed by atoms with Crippen LogP contribution in [0.1, 0.15) is 26.7 Å². The summed E-state index contributed by atoms with van der Waals surface area (Å²) in [7, 11) is 1.36. The second kappa shape index (κ2) is 5.49. The predicted molar refractivity (Wildman–Crippen MR) is 54.9 cm³/mol. The van der Waals surface area contributed by atoms with Crippen molar-refractivity contribution in [2.45, 2.75) is 32.4 Å². The fourth-order valence-corrected chi connectivity index (χ4v) is 0.819. The van der Waals surface area contributed by atoms with Gasteiger partial charge in [-0.1, -0.05) is 13.8 Å². The largest absolute Gasteiger partial charge is 0.512 e. The molecule has 4 N–H and O–H groups in total. The third-order valence-electron chi connectivity index (χ3n) is 1.79. The summed E-state index contributed by atoms with van der Waals surface area (Å²) in [4.78, 5) is 3.72. The zero-order valence-electron chi connectivity index (χ0n) is 8.82. The smallest absolute Gasteiger partial charge is 0.284 e. The molecule has 0 aromatic rings. The lowest BCUT2D eigenvalue weighted by Gasteiger charge is -2.18. The van der Waals surface area contributed by atoms with Crippen molar-refractivity contribution in [1.29, 1.82) is 0 Å². The van der Waals surface area contributed by atoms with Crippen LogP contribution in [0, 0.1) is 0 Å². The zero-order chi connectivity index (χ0) is 11.2. The molecule has 0 fully saturated rings. The normalized spacial score (nSPS) is 17.7. The highest BCUT2D eigenvalue weighted by Crippen LogP contribution is 2.16. The van der Waals surface area contributed by atoms with Gasteiger partial charge in [0.1, 0.15) is 0 Å². The molecule has 0 rings (SSSR count). The van der Waals surface area contributed by atoms with Crippen LogP contribution in [0.15, 0.2) is 16.8 Å². The van der Waals surface area contributed by atoms with Crippen molar-refractivity contribution in [2.75, 3.05) is 7.11 Å². The van der Waals surface area contributed by atoms with Gasteiger partial charge >= 0.3 is 0 Å². The van der Waals surface area contributed by atoms with Crippen molar-refractivity contribution >= 4 is 6.02 Å². The molecule has 0 spiro atoms. The van der Waals surface area contributed by atoms with E-state index in [4.69, 9.17) is 5.73 Å². The van der Waals surface area contributed by atoms with Crippen LogP contribution in [0.2, 0.25) is 0 Å². The molecule has 0 aromatic carbocycles. The molecular weight excluding hydrogens is 184 g/mol. The number of rotatable bonds is 4. The maximum atomic E-state index is 9.84. The van der Waals surface area contributed by atoms with Crippen LogP contribution in [-0.4, -0.2) is 29.1 Å². The Morgan fingerprint density at radius 1 is 1.57 bits per heavy atom. The summed E-state index contributed by atoms with van der Waals surface area (Å²) >= 11 is 0. The molecule has 0 aromatic heterocycles. The fourth-order valence-electron chi connectivity index (χ4n) is 0.819. The first kappa shape index (κ1) is 12.8. The van der Waals surface area contributed by atoms with Crippen molar-refractivity contribution in [3.05, 3.63) is 11.8 Å². The number of aliphatic imine (C=N–C) groups is 1. The quantitative estimate of drug-likeness (QED) is 0.359. The second-order valence-electron chi connectivity index (χ2n) is 2.88. The van der Waals surface area contributed by atoms with E-state index >= 15 is 0 Å². The molecule has 0 aliphatic rings. The van der Waals surface area contributed by atoms with Crippen molar-refractivity contribution in [3.8, 4) is 0 Å². The first-order valence-corrected chi connectivity index (χ1v) is 4.49. The number of nitrogens with zero attached hydrogens (tertiary/aromatic N) is 1. The monoisotopic (exact) mass is 202 g/mol. The Labute approximate surface area is 83.9 Å². The minimum absolute atomic E-state index is 0.0713. The van der Waals surface area contributed by atoms with Gasteiger partial charge < -0.3 is 20.7 Å². The average molecular weight is 202 g/mol. The minimum atomic E-state index is -1.49. The van der Waals surface area contributed by atoms with Gasteiger partial charge in [0.25, 0.3) is 6.02 Å². The zero-order valence-corrected chi connectivity index (χ0v) is 8.82. The number of aliphatic hydroxyl groups is 2. The molecule has 1 atom stereocenters. The topological polar surface area (TPSA) is 88.1 Å². The van der Waals surface area contributed by atoms with E-state index in [9.17, 15) is 10.2 Å². The molecule has 1 unspecified atom stereocenters. The lowest BCUT2D eigenvalue weighted by atomic mass is 10.1. The Balaban J connectivity index is 4.81. The first-order valence-electron chi connectivity index (χ1n) is 4.49. The van der Waals surface area contributed by atoms with Gasteiger partial charge in [-0.05, 0) is 6.42 Å². The molecule has 0 heterocycles. The molecular formula is C9H18N2O3. The first-order chi connectivity index (χ1) is 6.47. The molecule has 5 nitrogen and oxygen atoms in total. The summed E-state index contributed by atoms with van der Waals surface area (Å²) in [5.74, 6) is 0.0713. The second-order valence-corrected chi connectivity index (χ2v) is 2.88. The van der Waals surface area contributed by atoms with Crippen molar-refractivity contribution in [2.24, 2.45) is 10.7 Å². The summed E-state index contributed by atoms with van der Waals surface area (Å²) in [5, 5.41) is 19.1. The predicted octanol–water partition coefficient (Wildman–Crippen LogP) is 0.898. The van der Waals surface area contributed by atoms with Crippen molar-refractivity contribution in [1.82, 2.24) is 0 Å². The van der Waals surface area contributed by atoms with Crippen LogP contribution >= 0.6 is 0 Å². The van der Waals surface area contributed by atoms with Crippen molar-refractivity contribution in [3.63, 3.8) is 0 Å². The van der Waals surface area contributed by atoms with Crippen LogP contribution in [0.3, 0.4) is 0 Å². The SMILES string of the molecule is CCC(O)=CC(O)(CC)N=C(N)OC. The highest BCUT2D eigenvalue weighted by Gasteiger charge is 2.22. The highest BCUT2D eigenvalue weighted by atomic mass is 16.5. The van der Waals surface area contributed by atoms with Gasteiger partial charge in [0.15, 0.2) is 5.72 Å². The number of ether oxygens (including phenoxy) is 1. The number of nitrogens with two attached hydrogens (primary N) is 1. The third kappa shape index (κ3) is 4.13. The molecule has 0 aliphatic heterocycles. The van der Waals surface area contributed by atoms with E-state index in [2.05, 4.69) is 9.73 Å². The summed E-state index contributed by atoms with van der Waals surface area (Å²) in [6.07, 6.45) is 2.00. The van der Waals surface area contributed by atoms with Gasteiger partial charge in [-0.2, -0.15) is 4.99 Å². The van der Waals surface area contributed by atoms with E-state index in [1.165, 1.54) is 13.2 Å². The summed E-state index contributed by atoms with van der Waals surface area (Å²) in [6, 6.07) is -0.116. The Morgan fingerprint density at radius 3 is 2.50 bits per heavy atom. The number of amidine groups is 1. The Bertz CT molecular complexity index is 216. The fraction of sp³-hybridized carbons (Fsp3) is 0.667. The minimum Gasteiger partial charge on any atom is -0.512 e. The van der Waals surface area contributed by atoms with Gasteiger partial charge in [-0.3, -0.25) is 0 Å². The van der Waals surface area contributed by atoms with Gasteiger partial charge in [-0.25, -0.2) is 0 Å². The molecule has 0 bridgehead atoms. The van der Waals surface area contributed by atoms with E-state index in [1.54, 1.807) is 13.8 Å². The number of hydrogen-bond acceptors (Lipinski definition) is 4. The van der Waals surface area contributed by atoms with Gasteiger partial charge in [0.2, 0.25) is 0 Å². The number of methoxy groups -OCH3 is 1.